The standard InChI is InChI=1S/C25H37NO6Si/c1-10-29-20(27)24(18-14-12-11-13-15-18)19-16-17-26(21(28)30-22(2,3)4)25(19,31-24)32-33(8,9)23(5,6)7/h11-17,19H,10H2,1-9H3. The van der Waals surface area contributed by atoms with E-state index in [2.05, 4.69) is 33.9 Å². The number of nitrogens with zero attached hydrogens (tertiary/aromatic N) is 1. The lowest BCUT2D eigenvalue weighted by atomic mass is 9.74. The number of fused-ring (bicyclic) bond motifs is 1. The molecule has 0 radical (unpaired) electrons. The average Bonchev–Trinajstić information content (AvgIpc) is 2.94. The van der Waals surface area contributed by atoms with E-state index in [1.54, 1.807) is 40.0 Å². The maximum atomic E-state index is 13.3. The molecule has 8 heteroatoms. The molecule has 7 nitrogen and oxygen atoms in total. The highest BCUT2D eigenvalue weighted by atomic mass is 28.4. The van der Waals surface area contributed by atoms with E-state index in [0.717, 1.165) is 0 Å². The monoisotopic (exact) mass is 475 g/mol. The third-order valence-electron chi connectivity index (χ3n) is 6.48. The molecule has 1 aromatic carbocycles. The maximum Gasteiger partial charge on any atom is 0.418 e. The smallest absolute Gasteiger partial charge is 0.418 e. The lowest BCUT2D eigenvalue weighted by Gasteiger charge is -2.61. The first kappa shape index (κ1) is 25.5. The van der Waals surface area contributed by atoms with E-state index < -0.39 is 43.4 Å². The van der Waals surface area contributed by atoms with Crippen LogP contribution in [0.2, 0.25) is 18.1 Å². The van der Waals surface area contributed by atoms with Gasteiger partial charge in [-0.2, -0.15) is 0 Å². The van der Waals surface area contributed by atoms with E-state index in [1.165, 1.54) is 4.90 Å². The fourth-order valence-electron chi connectivity index (χ4n) is 3.89. The molecule has 0 N–H and O–H groups in total. The van der Waals surface area contributed by atoms with Crippen LogP contribution in [0.25, 0.3) is 0 Å². The second-order valence-electron chi connectivity index (χ2n) is 11.1. The molecule has 1 amide bonds. The first-order chi connectivity index (χ1) is 15.1. The third-order valence-corrected chi connectivity index (χ3v) is 10.9. The second-order valence-corrected chi connectivity index (χ2v) is 15.8. The fraction of sp³-hybridized carbons (Fsp3) is 0.600. The van der Waals surface area contributed by atoms with Gasteiger partial charge in [-0.25, -0.2) is 14.5 Å². The first-order valence-electron chi connectivity index (χ1n) is 11.4. The predicted octanol–water partition coefficient (Wildman–Crippen LogP) is 5.53. The molecule has 1 fully saturated rings. The summed E-state index contributed by atoms with van der Waals surface area (Å²) < 4.78 is 24.4. The molecule has 0 aliphatic carbocycles. The molecule has 2 aliphatic heterocycles. The van der Waals surface area contributed by atoms with Crippen LogP contribution >= 0.6 is 0 Å². The minimum absolute atomic E-state index is 0.160. The number of amides is 1. The average molecular weight is 476 g/mol. The van der Waals surface area contributed by atoms with E-state index in [0.29, 0.717) is 5.56 Å². The molecule has 3 rings (SSSR count). The van der Waals surface area contributed by atoms with Gasteiger partial charge in [0.1, 0.15) is 5.60 Å². The number of carbonyl (C=O) groups excluding carboxylic acids is 2. The van der Waals surface area contributed by atoms with Gasteiger partial charge in [0.05, 0.1) is 12.5 Å². The summed E-state index contributed by atoms with van der Waals surface area (Å²) in [4.78, 5) is 27.9. The Hall–Kier alpha value is -2.16. The van der Waals surface area contributed by atoms with Crippen molar-refractivity contribution in [3.63, 3.8) is 0 Å². The molecule has 182 valence electrons. The molecular weight excluding hydrogens is 438 g/mol. The quantitative estimate of drug-likeness (QED) is 0.412. The Kier molecular flexibility index (Phi) is 6.37. The summed E-state index contributed by atoms with van der Waals surface area (Å²) >= 11 is 0. The topological polar surface area (TPSA) is 74.3 Å². The van der Waals surface area contributed by atoms with Gasteiger partial charge in [0.25, 0.3) is 5.91 Å². The van der Waals surface area contributed by atoms with Gasteiger partial charge in [0, 0.05) is 6.20 Å². The Bertz CT molecular complexity index is 932. The van der Waals surface area contributed by atoms with Gasteiger partial charge in [-0.05, 0) is 51.4 Å². The Balaban J connectivity index is 2.11. The molecule has 33 heavy (non-hydrogen) atoms. The van der Waals surface area contributed by atoms with E-state index >= 15 is 0 Å². The zero-order valence-corrected chi connectivity index (χ0v) is 22.2. The van der Waals surface area contributed by atoms with Crippen LogP contribution in [-0.2, 0) is 29.0 Å². The Labute approximate surface area is 198 Å². The van der Waals surface area contributed by atoms with E-state index in [1.807, 2.05) is 30.3 Å². The summed E-state index contributed by atoms with van der Waals surface area (Å²) in [5.74, 6) is -2.60. The van der Waals surface area contributed by atoms with Crippen LogP contribution in [0.15, 0.2) is 42.6 Å². The minimum atomic E-state index is -2.46. The van der Waals surface area contributed by atoms with Crippen molar-refractivity contribution in [2.75, 3.05) is 6.61 Å². The highest BCUT2D eigenvalue weighted by Gasteiger charge is 2.77. The molecule has 3 unspecified atom stereocenters. The summed E-state index contributed by atoms with van der Waals surface area (Å²) in [6, 6.07) is 9.23. The number of hydrogen-bond acceptors (Lipinski definition) is 6. The van der Waals surface area contributed by atoms with Gasteiger partial charge in [0.15, 0.2) is 8.32 Å². The Morgan fingerprint density at radius 3 is 2.21 bits per heavy atom. The highest BCUT2D eigenvalue weighted by molar-refractivity contribution is 6.74. The van der Waals surface area contributed by atoms with Gasteiger partial charge in [0.2, 0.25) is 5.60 Å². The van der Waals surface area contributed by atoms with E-state index in [9.17, 15) is 9.59 Å². The lowest BCUT2D eigenvalue weighted by Crippen LogP contribution is -2.76. The van der Waals surface area contributed by atoms with Gasteiger partial charge in [-0.1, -0.05) is 57.2 Å². The normalized spacial score (nSPS) is 27.1. The van der Waals surface area contributed by atoms with Crippen molar-refractivity contribution in [2.24, 2.45) is 5.92 Å². The van der Waals surface area contributed by atoms with Gasteiger partial charge < -0.3 is 18.6 Å². The largest absolute Gasteiger partial charge is 0.464 e. The molecule has 0 saturated carbocycles. The van der Waals surface area contributed by atoms with Crippen LogP contribution in [0.5, 0.6) is 0 Å². The molecule has 0 spiro atoms. The van der Waals surface area contributed by atoms with E-state index in [4.69, 9.17) is 18.6 Å². The van der Waals surface area contributed by atoms with Crippen molar-refractivity contribution < 1.29 is 28.2 Å². The highest BCUT2D eigenvalue weighted by Crippen LogP contribution is 2.61. The molecule has 1 saturated heterocycles. The van der Waals surface area contributed by atoms with Crippen molar-refractivity contribution in [1.29, 1.82) is 0 Å². The molecular formula is C25H37NO6Si. The molecule has 2 heterocycles. The van der Waals surface area contributed by atoms with E-state index in [-0.39, 0.29) is 11.6 Å². The molecule has 1 aromatic rings. The first-order valence-corrected chi connectivity index (χ1v) is 14.4. The van der Waals surface area contributed by atoms with Crippen LogP contribution < -0.4 is 0 Å². The zero-order chi connectivity index (χ0) is 24.9. The summed E-state index contributed by atoms with van der Waals surface area (Å²) in [5.41, 5.74) is -1.48. The van der Waals surface area contributed by atoms with Crippen LogP contribution in [0.3, 0.4) is 0 Å². The Morgan fingerprint density at radius 1 is 1.09 bits per heavy atom. The SMILES string of the molecule is CCOC(=O)C1(c2ccccc2)OC2(O[Si](C)(C)C(C)(C)C)C1C=CN2C(=O)OC(C)(C)C. The van der Waals surface area contributed by atoms with Crippen molar-refractivity contribution in [3.8, 4) is 0 Å². The Morgan fingerprint density at radius 2 is 1.70 bits per heavy atom. The second kappa shape index (κ2) is 8.25. The van der Waals surface area contributed by atoms with Crippen molar-refractivity contribution >= 4 is 20.4 Å². The van der Waals surface area contributed by atoms with Crippen molar-refractivity contribution in [2.45, 2.75) is 83.7 Å². The number of ether oxygens (including phenoxy) is 3. The number of esters is 1. The van der Waals surface area contributed by atoms with Crippen LogP contribution in [0.4, 0.5) is 4.79 Å². The zero-order valence-electron chi connectivity index (χ0n) is 21.2. The third kappa shape index (κ3) is 4.24. The number of benzene rings is 1. The molecule has 0 bridgehead atoms. The number of carbonyl (C=O) groups is 2. The van der Waals surface area contributed by atoms with Gasteiger partial charge >= 0.3 is 12.1 Å². The van der Waals surface area contributed by atoms with Crippen LogP contribution in [-0.4, -0.2) is 43.4 Å². The van der Waals surface area contributed by atoms with Crippen LogP contribution in [0, 0.1) is 5.92 Å². The van der Waals surface area contributed by atoms with Gasteiger partial charge in [-0.3, -0.25) is 0 Å². The molecule has 2 aliphatic rings. The van der Waals surface area contributed by atoms with Crippen molar-refractivity contribution in [3.05, 3.63) is 48.2 Å². The number of rotatable bonds is 5. The fourth-order valence-corrected chi connectivity index (χ4v) is 5.19. The summed E-state index contributed by atoms with van der Waals surface area (Å²) in [5, 5.41) is -0.160. The summed E-state index contributed by atoms with van der Waals surface area (Å²) in [6.07, 6.45) is 2.81. The number of hydrogen-bond donors (Lipinski definition) is 0. The lowest BCUT2D eigenvalue weighted by molar-refractivity contribution is -0.421. The van der Waals surface area contributed by atoms with Crippen LogP contribution in [0.1, 0.15) is 54.0 Å². The summed E-state index contributed by atoms with van der Waals surface area (Å²) in [6.45, 7) is 17.9. The molecule has 0 aromatic heterocycles. The van der Waals surface area contributed by atoms with Crippen molar-refractivity contribution in [1.82, 2.24) is 4.90 Å². The molecule has 3 atom stereocenters. The van der Waals surface area contributed by atoms with Gasteiger partial charge in [-0.15, -0.1) is 0 Å². The summed E-state index contributed by atoms with van der Waals surface area (Å²) in [7, 11) is -2.46. The predicted molar refractivity (Wildman–Crippen MR) is 128 cm³/mol. The maximum absolute atomic E-state index is 13.3. The minimum Gasteiger partial charge on any atom is -0.464 e.